The van der Waals surface area contributed by atoms with Gasteiger partial charge in [0.2, 0.25) is 0 Å². The van der Waals surface area contributed by atoms with Crippen LogP contribution in [0.15, 0.2) is 0 Å². The van der Waals surface area contributed by atoms with Crippen molar-refractivity contribution >= 4 is 0 Å². The van der Waals surface area contributed by atoms with Gasteiger partial charge in [-0.25, -0.2) is 0 Å². The van der Waals surface area contributed by atoms with Gasteiger partial charge in [0.25, 0.3) is 0 Å². The van der Waals surface area contributed by atoms with Crippen LogP contribution in [0.4, 0.5) is 0 Å². The summed E-state index contributed by atoms with van der Waals surface area (Å²) in [5.74, 6) is 1.71. The van der Waals surface area contributed by atoms with E-state index in [0.717, 1.165) is 17.9 Å². The third-order valence-electron chi connectivity index (χ3n) is 6.19. The van der Waals surface area contributed by atoms with Crippen LogP contribution in [-0.2, 0) is 0 Å². The lowest BCUT2D eigenvalue weighted by Crippen LogP contribution is -2.61. The number of hydrogen-bond acceptors (Lipinski definition) is 3. The fourth-order valence-corrected chi connectivity index (χ4v) is 4.71. The molecule has 116 valence electrons. The van der Waals surface area contributed by atoms with Crippen LogP contribution in [0.3, 0.4) is 0 Å². The Balaban J connectivity index is 1.62. The molecule has 3 nitrogen and oxygen atoms in total. The lowest BCUT2D eigenvalue weighted by atomic mass is 9.76. The van der Waals surface area contributed by atoms with Crippen LogP contribution in [0.25, 0.3) is 0 Å². The number of rotatable bonds is 2. The van der Waals surface area contributed by atoms with Crippen molar-refractivity contribution < 1.29 is 0 Å². The number of nitrogens with two attached hydrogens (primary N) is 1. The summed E-state index contributed by atoms with van der Waals surface area (Å²) in [4.78, 5) is 5.49. The SMILES string of the molecule is CC(C)C1CCC(N)C(N2CCN3CCCCC3C2)C1. The largest absolute Gasteiger partial charge is 0.326 e. The predicted molar refractivity (Wildman–Crippen MR) is 84.7 cm³/mol. The molecule has 0 spiro atoms. The molecule has 1 aliphatic carbocycles. The van der Waals surface area contributed by atoms with Crippen LogP contribution in [0.5, 0.6) is 0 Å². The third-order valence-corrected chi connectivity index (χ3v) is 6.19. The Labute approximate surface area is 124 Å². The Kier molecular flexibility index (Phi) is 4.68. The summed E-state index contributed by atoms with van der Waals surface area (Å²) >= 11 is 0. The molecule has 3 fully saturated rings. The minimum atomic E-state index is 0.417. The first-order chi connectivity index (χ1) is 9.65. The van der Waals surface area contributed by atoms with E-state index in [9.17, 15) is 0 Å². The van der Waals surface area contributed by atoms with Crippen molar-refractivity contribution in [1.29, 1.82) is 0 Å². The van der Waals surface area contributed by atoms with Crippen LogP contribution in [0.1, 0.15) is 52.4 Å². The highest BCUT2D eigenvalue weighted by atomic mass is 15.3. The van der Waals surface area contributed by atoms with Gasteiger partial charge in [0.05, 0.1) is 0 Å². The van der Waals surface area contributed by atoms with Gasteiger partial charge in [0.15, 0.2) is 0 Å². The Hall–Kier alpha value is -0.120. The second kappa shape index (κ2) is 6.33. The maximum atomic E-state index is 6.48. The van der Waals surface area contributed by atoms with Crippen molar-refractivity contribution in [2.45, 2.75) is 70.5 Å². The third kappa shape index (κ3) is 3.05. The van der Waals surface area contributed by atoms with E-state index >= 15 is 0 Å². The van der Waals surface area contributed by atoms with Crippen LogP contribution < -0.4 is 5.73 Å². The van der Waals surface area contributed by atoms with Crippen LogP contribution in [0, 0.1) is 11.8 Å². The van der Waals surface area contributed by atoms with Crippen LogP contribution >= 0.6 is 0 Å². The summed E-state index contributed by atoms with van der Waals surface area (Å²) < 4.78 is 0. The van der Waals surface area contributed by atoms with Gasteiger partial charge in [0.1, 0.15) is 0 Å². The average Bonchev–Trinajstić information content (AvgIpc) is 2.47. The van der Waals surface area contributed by atoms with E-state index in [4.69, 9.17) is 5.73 Å². The summed E-state index contributed by atoms with van der Waals surface area (Å²) in [6.45, 7) is 9.92. The molecule has 0 aromatic heterocycles. The standard InChI is InChI=1S/C17H33N3/c1-13(2)14-6-7-16(18)17(11-14)20-10-9-19-8-4-3-5-15(19)12-20/h13-17H,3-12,18H2,1-2H3. The van der Waals surface area contributed by atoms with E-state index < -0.39 is 0 Å². The van der Waals surface area contributed by atoms with Gasteiger partial charge in [-0.1, -0.05) is 20.3 Å². The van der Waals surface area contributed by atoms with E-state index in [0.29, 0.717) is 12.1 Å². The Morgan fingerprint density at radius 1 is 0.950 bits per heavy atom. The van der Waals surface area contributed by atoms with E-state index in [1.165, 1.54) is 64.7 Å². The fraction of sp³-hybridized carbons (Fsp3) is 1.00. The van der Waals surface area contributed by atoms with Gasteiger partial charge in [0, 0.05) is 37.8 Å². The number of nitrogens with zero attached hydrogens (tertiary/aromatic N) is 2. The zero-order valence-corrected chi connectivity index (χ0v) is 13.4. The van der Waals surface area contributed by atoms with Gasteiger partial charge in [-0.15, -0.1) is 0 Å². The maximum absolute atomic E-state index is 6.48. The molecule has 3 aliphatic rings. The summed E-state index contributed by atoms with van der Waals surface area (Å²) in [7, 11) is 0. The van der Waals surface area contributed by atoms with Crippen LogP contribution in [0.2, 0.25) is 0 Å². The zero-order chi connectivity index (χ0) is 14.1. The van der Waals surface area contributed by atoms with Gasteiger partial charge in [-0.2, -0.15) is 0 Å². The molecule has 0 amide bonds. The quantitative estimate of drug-likeness (QED) is 0.842. The maximum Gasteiger partial charge on any atom is 0.0251 e. The number of hydrogen-bond donors (Lipinski definition) is 1. The van der Waals surface area contributed by atoms with Crippen LogP contribution in [-0.4, -0.2) is 54.1 Å². The topological polar surface area (TPSA) is 32.5 Å². The molecule has 0 aromatic rings. The van der Waals surface area contributed by atoms with Crippen molar-refractivity contribution in [2.24, 2.45) is 17.6 Å². The highest BCUT2D eigenvalue weighted by Gasteiger charge is 2.37. The summed E-state index contributed by atoms with van der Waals surface area (Å²) in [5.41, 5.74) is 6.48. The molecule has 1 saturated carbocycles. The molecule has 2 N–H and O–H groups in total. The molecular weight excluding hydrogens is 246 g/mol. The molecule has 2 aliphatic heterocycles. The van der Waals surface area contributed by atoms with E-state index in [1.54, 1.807) is 0 Å². The number of piperidine rings is 1. The Morgan fingerprint density at radius 2 is 1.75 bits per heavy atom. The first kappa shape index (κ1) is 14.8. The molecule has 20 heavy (non-hydrogen) atoms. The second-order valence-electron chi connectivity index (χ2n) is 7.73. The van der Waals surface area contributed by atoms with Crippen molar-refractivity contribution in [3.8, 4) is 0 Å². The summed E-state index contributed by atoms with van der Waals surface area (Å²) in [6, 6.07) is 1.89. The summed E-state index contributed by atoms with van der Waals surface area (Å²) in [5, 5.41) is 0. The van der Waals surface area contributed by atoms with E-state index in [1.807, 2.05) is 0 Å². The first-order valence-corrected chi connectivity index (χ1v) is 8.89. The zero-order valence-electron chi connectivity index (χ0n) is 13.4. The minimum absolute atomic E-state index is 0.417. The van der Waals surface area contributed by atoms with Gasteiger partial charge in [-0.05, 0) is 50.5 Å². The van der Waals surface area contributed by atoms with Gasteiger partial charge in [-0.3, -0.25) is 9.80 Å². The molecule has 0 radical (unpaired) electrons. The number of piperazine rings is 1. The molecule has 2 heterocycles. The molecule has 2 saturated heterocycles. The smallest absolute Gasteiger partial charge is 0.0251 e. The molecule has 3 rings (SSSR count). The molecular formula is C17H33N3. The van der Waals surface area contributed by atoms with E-state index in [2.05, 4.69) is 23.6 Å². The van der Waals surface area contributed by atoms with Crippen molar-refractivity contribution in [3.63, 3.8) is 0 Å². The average molecular weight is 279 g/mol. The molecule has 0 bridgehead atoms. The predicted octanol–water partition coefficient (Wildman–Crippen LogP) is 2.31. The molecule has 0 aromatic carbocycles. The second-order valence-corrected chi connectivity index (χ2v) is 7.73. The first-order valence-electron chi connectivity index (χ1n) is 8.89. The number of fused-ring (bicyclic) bond motifs is 1. The normalized spacial score (nSPS) is 40.8. The lowest BCUT2D eigenvalue weighted by molar-refractivity contribution is 0.00291. The molecule has 4 unspecified atom stereocenters. The van der Waals surface area contributed by atoms with Crippen molar-refractivity contribution in [3.05, 3.63) is 0 Å². The monoisotopic (exact) mass is 279 g/mol. The van der Waals surface area contributed by atoms with Crippen molar-refractivity contribution in [2.75, 3.05) is 26.2 Å². The fourth-order valence-electron chi connectivity index (χ4n) is 4.71. The molecule has 4 atom stereocenters. The van der Waals surface area contributed by atoms with Gasteiger partial charge >= 0.3 is 0 Å². The molecule has 3 heteroatoms. The van der Waals surface area contributed by atoms with Gasteiger partial charge < -0.3 is 5.73 Å². The van der Waals surface area contributed by atoms with Crippen molar-refractivity contribution in [1.82, 2.24) is 9.80 Å². The highest BCUT2D eigenvalue weighted by Crippen LogP contribution is 2.33. The van der Waals surface area contributed by atoms with E-state index in [-0.39, 0.29) is 0 Å². The lowest BCUT2D eigenvalue weighted by Gasteiger charge is -2.50. The Morgan fingerprint density at radius 3 is 2.55 bits per heavy atom. The minimum Gasteiger partial charge on any atom is -0.326 e. The summed E-state index contributed by atoms with van der Waals surface area (Å²) in [6.07, 6.45) is 8.17. The highest BCUT2D eigenvalue weighted by molar-refractivity contribution is 4.94. The Bertz CT molecular complexity index is 317.